The second-order valence-electron chi connectivity index (χ2n) is 10.0. The van der Waals surface area contributed by atoms with Crippen LogP contribution in [0, 0.1) is 30.7 Å². The number of carbonyl (C=O) groups excluding carboxylic acids is 1. The first kappa shape index (κ1) is 27.7. The average Bonchev–Trinajstić information content (AvgIpc) is 2.68. The van der Waals surface area contributed by atoms with Gasteiger partial charge in [-0.1, -0.05) is 72.7 Å². The van der Waals surface area contributed by atoms with Crippen molar-refractivity contribution in [1.29, 1.82) is 0 Å². The Morgan fingerprint density at radius 2 is 1.53 bits per heavy atom. The molecule has 0 unspecified atom stereocenters. The van der Waals surface area contributed by atoms with Gasteiger partial charge in [-0.05, 0) is 29.0 Å². The smallest absolute Gasteiger partial charge is 0.164 e. The van der Waals surface area contributed by atoms with E-state index in [1.54, 1.807) is 0 Å². The standard InChI is InChI=1S/C17H14N.C11H20O2.Ir/c1-12-7-9-14(10-8-12)17-16-6-4-3-5-15(16)13(2)11-18-17;1-10(2,3)8(12)7-9(13)11(4,5)6;/h3-9,11H,1-2H3;7,12H,1-6H3;/q-1;;/b;8-7-;. The minimum atomic E-state index is -0.417. The predicted octanol–water partition coefficient (Wildman–Crippen LogP) is 7.41. The molecule has 173 valence electrons. The third-order valence-electron chi connectivity index (χ3n) is 4.99. The average molecular weight is 609 g/mol. The van der Waals surface area contributed by atoms with E-state index in [0.717, 1.165) is 11.3 Å². The van der Waals surface area contributed by atoms with Crippen LogP contribution in [0.2, 0.25) is 0 Å². The van der Waals surface area contributed by atoms with Gasteiger partial charge in [-0.25, -0.2) is 0 Å². The van der Waals surface area contributed by atoms with Crippen LogP contribution in [-0.4, -0.2) is 15.9 Å². The number of rotatable bonds is 2. The number of carbonyl (C=O) groups is 1. The number of ketones is 1. The number of aliphatic hydroxyl groups excluding tert-OH is 1. The molecule has 1 aromatic heterocycles. The van der Waals surface area contributed by atoms with E-state index >= 15 is 0 Å². The van der Waals surface area contributed by atoms with E-state index in [4.69, 9.17) is 0 Å². The number of pyridine rings is 1. The maximum Gasteiger partial charge on any atom is 0.164 e. The fourth-order valence-electron chi connectivity index (χ4n) is 2.76. The largest absolute Gasteiger partial charge is 0.512 e. The topological polar surface area (TPSA) is 50.2 Å². The molecule has 0 aliphatic heterocycles. The van der Waals surface area contributed by atoms with Gasteiger partial charge in [-0.2, -0.15) is 0 Å². The van der Waals surface area contributed by atoms with Gasteiger partial charge in [-0.15, -0.1) is 35.4 Å². The summed E-state index contributed by atoms with van der Waals surface area (Å²) in [7, 11) is 0. The Kier molecular flexibility index (Phi) is 9.56. The van der Waals surface area contributed by atoms with Crippen LogP contribution in [0.25, 0.3) is 22.0 Å². The first-order valence-corrected chi connectivity index (χ1v) is 10.6. The zero-order valence-corrected chi connectivity index (χ0v) is 22.7. The predicted molar refractivity (Wildman–Crippen MR) is 130 cm³/mol. The number of allylic oxidation sites excluding steroid dienone is 2. The molecule has 0 saturated carbocycles. The molecule has 3 aromatic rings. The Bertz CT molecular complexity index is 1090. The normalized spacial score (nSPS) is 11.9. The van der Waals surface area contributed by atoms with Crippen LogP contribution < -0.4 is 0 Å². The van der Waals surface area contributed by atoms with Crippen LogP contribution in [0.3, 0.4) is 0 Å². The van der Waals surface area contributed by atoms with E-state index in [1.165, 1.54) is 28.0 Å². The molecule has 0 spiro atoms. The van der Waals surface area contributed by atoms with E-state index in [-0.39, 0.29) is 37.1 Å². The minimum absolute atomic E-state index is 0. The van der Waals surface area contributed by atoms with Crippen molar-refractivity contribution in [1.82, 2.24) is 4.98 Å². The number of hydrogen-bond donors (Lipinski definition) is 1. The van der Waals surface area contributed by atoms with Crippen molar-refractivity contribution in [2.75, 3.05) is 0 Å². The number of aliphatic hydroxyl groups is 1. The van der Waals surface area contributed by atoms with E-state index in [1.807, 2.05) is 53.8 Å². The van der Waals surface area contributed by atoms with Crippen LogP contribution in [-0.2, 0) is 24.9 Å². The van der Waals surface area contributed by atoms with Gasteiger partial charge in [-0.3, -0.25) is 4.79 Å². The maximum atomic E-state index is 11.5. The molecule has 3 rings (SSSR count). The zero-order chi connectivity index (χ0) is 23.4. The van der Waals surface area contributed by atoms with Crippen molar-refractivity contribution in [2.24, 2.45) is 10.8 Å². The van der Waals surface area contributed by atoms with Gasteiger partial charge in [0.25, 0.3) is 0 Å². The van der Waals surface area contributed by atoms with Crippen LogP contribution in [0.15, 0.2) is 60.5 Å². The summed E-state index contributed by atoms with van der Waals surface area (Å²) in [6.07, 6.45) is 3.27. The van der Waals surface area contributed by atoms with Gasteiger partial charge in [0.1, 0.15) is 5.76 Å². The second-order valence-corrected chi connectivity index (χ2v) is 10.0. The summed E-state index contributed by atoms with van der Waals surface area (Å²) >= 11 is 0. The van der Waals surface area contributed by atoms with Crippen molar-refractivity contribution in [3.8, 4) is 11.3 Å². The molecule has 3 nitrogen and oxygen atoms in total. The number of nitrogens with zero attached hydrogens (tertiary/aromatic N) is 1. The fraction of sp³-hybridized carbons (Fsp3) is 0.357. The number of benzene rings is 2. The van der Waals surface area contributed by atoms with E-state index in [0.29, 0.717) is 0 Å². The van der Waals surface area contributed by atoms with Crippen molar-refractivity contribution in [3.05, 3.63) is 77.7 Å². The summed E-state index contributed by atoms with van der Waals surface area (Å²) in [5, 5.41) is 12.0. The fourth-order valence-corrected chi connectivity index (χ4v) is 2.76. The molecule has 1 N–H and O–H groups in total. The molecule has 4 heteroatoms. The molecule has 0 aliphatic carbocycles. The SMILES string of the molecule is CC(C)(C)C(=O)/C=C(\O)C(C)(C)C.Cc1c[c-]c(-c2ncc(C)c3ccccc23)cc1.[Ir]. The third kappa shape index (κ3) is 7.39. The van der Waals surface area contributed by atoms with Crippen molar-refractivity contribution < 1.29 is 30.0 Å². The quantitative estimate of drug-likeness (QED) is 0.187. The van der Waals surface area contributed by atoms with Gasteiger partial charge in [0.2, 0.25) is 0 Å². The first-order valence-electron chi connectivity index (χ1n) is 10.6. The summed E-state index contributed by atoms with van der Waals surface area (Å²) in [4.78, 5) is 16.1. The second kappa shape index (κ2) is 11.0. The van der Waals surface area contributed by atoms with Gasteiger partial charge in [0.15, 0.2) is 5.78 Å². The monoisotopic (exact) mass is 609 g/mol. The van der Waals surface area contributed by atoms with E-state index in [2.05, 4.69) is 61.3 Å². The van der Waals surface area contributed by atoms with E-state index in [9.17, 15) is 9.90 Å². The van der Waals surface area contributed by atoms with Crippen molar-refractivity contribution >= 4 is 16.6 Å². The summed E-state index contributed by atoms with van der Waals surface area (Å²) < 4.78 is 0. The van der Waals surface area contributed by atoms with Crippen molar-refractivity contribution in [2.45, 2.75) is 55.4 Å². The maximum absolute atomic E-state index is 11.5. The Morgan fingerprint density at radius 1 is 0.938 bits per heavy atom. The summed E-state index contributed by atoms with van der Waals surface area (Å²) in [6.45, 7) is 15.3. The molecular formula is C28H34IrNO2-. The first-order chi connectivity index (χ1) is 14.3. The molecule has 2 aromatic carbocycles. The summed E-state index contributed by atoms with van der Waals surface area (Å²) in [5.41, 5.74) is 3.73. The number of hydrogen-bond acceptors (Lipinski definition) is 3. The Balaban J connectivity index is 0.000000330. The Labute approximate surface area is 206 Å². The molecule has 1 radical (unpaired) electrons. The van der Waals surface area contributed by atoms with Gasteiger partial charge >= 0.3 is 0 Å². The Hall–Kier alpha value is -2.29. The van der Waals surface area contributed by atoms with Gasteiger partial charge in [0.05, 0.1) is 0 Å². The van der Waals surface area contributed by atoms with Crippen LogP contribution in [0.5, 0.6) is 0 Å². The Morgan fingerprint density at radius 3 is 2.03 bits per heavy atom. The molecule has 0 amide bonds. The zero-order valence-electron chi connectivity index (χ0n) is 20.3. The van der Waals surface area contributed by atoms with Crippen molar-refractivity contribution in [3.63, 3.8) is 0 Å². The molecule has 0 saturated heterocycles. The van der Waals surface area contributed by atoms with E-state index < -0.39 is 5.41 Å². The van der Waals surface area contributed by atoms with Crippen LogP contribution >= 0.6 is 0 Å². The third-order valence-corrected chi connectivity index (χ3v) is 4.99. The molecule has 0 atom stereocenters. The summed E-state index contributed by atoms with van der Waals surface area (Å²) in [5.74, 6) is 0.104. The summed E-state index contributed by atoms with van der Waals surface area (Å²) in [6, 6.07) is 17.9. The molecule has 32 heavy (non-hydrogen) atoms. The number of aromatic nitrogens is 1. The van der Waals surface area contributed by atoms with Gasteiger partial charge < -0.3 is 10.1 Å². The molecule has 0 fully saturated rings. The molecule has 0 aliphatic rings. The molecular weight excluding hydrogens is 575 g/mol. The minimum Gasteiger partial charge on any atom is -0.512 e. The molecule has 1 heterocycles. The number of aryl methyl sites for hydroxylation is 2. The van der Waals surface area contributed by atoms with Crippen LogP contribution in [0.4, 0.5) is 0 Å². The molecule has 0 bridgehead atoms. The van der Waals surface area contributed by atoms with Gasteiger partial charge in [0, 0.05) is 43.2 Å². The number of fused-ring (bicyclic) bond motifs is 1. The van der Waals surface area contributed by atoms with Crippen LogP contribution in [0.1, 0.15) is 52.7 Å².